The van der Waals surface area contributed by atoms with Gasteiger partial charge in [0.2, 0.25) is 0 Å². The molecule has 1 saturated carbocycles. The molecule has 3 atom stereocenters. The smallest absolute Gasteiger partial charge is 0.0250 e. The van der Waals surface area contributed by atoms with E-state index >= 15 is 0 Å². The van der Waals surface area contributed by atoms with Crippen LogP contribution in [0.2, 0.25) is 0 Å². The Kier molecular flexibility index (Phi) is 3.60. The molecule has 2 N–H and O–H groups in total. The van der Waals surface area contributed by atoms with Crippen LogP contribution >= 0.6 is 0 Å². The van der Waals surface area contributed by atoms with E-state index in [1.807, 2.05) is 0 Å². The molecule has 2 heteroatoms. The highest BCUT2D eigenvalue weighted by Gasteiger charge is 2.38. The zero-order valence-electron chi connectivity index (χ0n) is 11.2. The standard InChI is InChI=1S/C14H28N2/c1-4-11-5-6-12(15)13(9-11)16-8-7-14(2,3)10-16/h11-13H,4-10,15H2,1-3H3. The molecule has 3 unspecified atom stereocenters. The summed E-state index contributed by atoms with van der Waals surface area (Å²) in [6.07, 6.45) is 6.60. The molecule has 0 aromatic rings. The SMILES string of the molecule is CCC1CCC(N)C(N2CCC(C)(C)C2)C1. The molecule has 2 fully saturated rings. The maximum Gasteiger partial charge on any atom is 0.0250 e. The number of nitrogens with zero attached hydrogens (tertiary/aromatic N) is 1. The van der Waals surface area contributed by atoms with E-state index in [0.29, 0.717) is 17.5 Å². The summed E-state index contributed by atoms with van der Waals surface area (Å²) in [6.45, 7) is 9.62. The van der Waals surface area contributed by atoms with Gasteiger partial charge < -0.3 is 5.73 Å². The first-order valence-electron chi connectivity index (χ1n) is 7.01. The molecule has 1 heterocycles. The molecule has 2 aliphatic rings. The minimum absolute atomic E-state index is 0.427. The van der Waals surface area contributed by atoms with Crippen LogP contribution in [0.4, 0.5) is 0 Å². The molecule has 1 saturated heterocycles. The van der Waals surface area contributed by atoms with Crippen molar-refractivity contribution in [2.45, 2.75) is 65.0 Å². The lowest BCUT2D eigenvalue weighted by Crippen LogP contribution is -2.50. The van der Waals surface area contributed by atoms with Crippen LogP contribution in [0.5, 0.6) is 0 Å². The van der Waals surface area contributed by atoms with Gasteiger partial charge in [0.15, 0.2) is 0 Å². The van der Waals surface area contributed by atoms with Gasteiger partial charge in [0.1, 0.15) is 0 Å². The topological polar surface area (TPSA) is 29.3 Å². The summed E-state index contributed by atoms with van der Waals surface area (Å²) in [5.41, 5.74) is 6.84. The third-order valence-corrected chi connectivity index (χ3v) is 4.73. The molecule has 0 amide bonds. The van der Waals surface area contributed by atoms with Crippen molar-refractivity contribution in [3.8, 4) is 0 Å². The van der Waals surface area contributed by atoms with E-state index in [2.05, 4.69) is 25.7 Å². The minimum atomic E-state index is 0.427. The van der Waals surface area contributed by atoms with Crippen LogP contribution in [0.15, 0.2) is 0 Å². The Balaban J connectivity index is 1.97. The van der Waals surface area contributed by atoms with Crippen molar-refractivity contribution in [1.82, 2.24) is 4.90 Å². The molecule has 2 nitrogen and oxygen atoms in total. The van der Waals surface area contributed by atoms with Crippen molar-refractivity contribution < 1.29 is 0 Å². The van der Waals surface area contributed by atoms with Gasteiger partial charge in [-0.15, -0.1) is 0 Å². The van der Waals surface area contributed by atoms with Gasteiger partial charge in [-0.1, -0.05) is 27.2 Å². The summed E-state index contributed by atoms with van der Waals surface area (Å²) >= 11 is 0. The zero-order chi connectivity index (χ0) is 11.8. The van der Waals surface area contributed by atoms with E-state index in [1.54, 1.807) is 0 Å². The molecular weight excluding hydrogens is 196 g/mol. The first-order chi connectivity index (χ1) is 7.52. The third kappa shape index (κ3) is 2.60. The molecule has 2 rings (SSSR count). The normalized spacial score (nSPS) is 40.1. The largest absolute Gasteiger partial charge is 0.326 e. The Hall–Kier alpha value is -0.0800. The van der Waals surface area contributed by atoms with Crippen LogP contribution < -0.4 is 5.73 Å². The van der Waals surface area contributed by atoms with Crippen molar-refractivity contribution in [1.29, 1.82) is 0 Å². The molecule has 1 aliphatic heterocycles. The maximum absolute atomic E-state index is 6.32. The maximum atomic E-state index is 6.32. The molecule has 0 aromatic carbocycles. The van der Waals surface area contributed by atoms with Crippen LogP contribution in [-0.2, 0) is 0 Å². The Morgan fingerprint density at radius 2 is 2.06 bits per heavy atom. The van der Waals surface area contributed by atoms with Crippen LogP contribution in [0.1, 0.15) is 52.9 Å². The van der Waals surface area contributed by atoms with E-state index in [1.165, 1.54) is 45.2 Å². The van der Waals surface area contributed by atoms with Gasteiger partial charge in [-0.2, -0.15) is 0 Å². The van der Waals surface area contributed by atoms with Gasteiger partial charge in [-0.25, -0.2) is 0 Å². The summed E-state index contributed by atoms with van der Waals surface area (Å²) in [5.74, 6) is 0.925. The second kappa shape index (κ2) is 4.66. The van der Waals surface area contributed by atoms with Gasteiger partial charge in [-0.05, 0) is 43.6 Å². The Bertz CT molecular complexity index is 237. The van der Waals surface area contributed by atoms with Crippen LogP contribution in [-0.4, -0.2) is 30.1 Å². The molecule has 0 spiro atoms. The lowest BCUT2D eigenvalue weighted by atomic mass is 9.80. The van der Waals surface area contributed by atoms with E-state index in [-0.39, 0.29) is 0 Å². The molecule has 0 bridgehead atoms. The molecule has 94 valence electrons. The fourth-order valence-electron chi connectivity index (χ4n) is 3.48. The first-order valence-corrected chi connectivity index (χ1v) is 7.01. The fraction of sp³-hybridized carbons (Fsp3) is 1.00. The fourth-order valence-corrected chi connectivity index (χ4v) is 3.48. The van der Waals surface area contributed by atoms with Gasteiger partial charge in [-0.3, -0.25) is 4.90 Å². The Labute approximate surface area is 101 Å². The predicted molar refractivity (Wildman–Crippen MR) is 69.4 cm³/mol. The van der Waals surface area contributed by atoms with E-state index in [9.17, 15) is 0 Å². The predicted octanol–water partition coefficient (Wildman–Crippen LogP) is 2.62. The number of hydrogen-bond acceptors (Lipinski definition) is 2. The molecule has 0 aromatic heterocycles. The third-order valence-electron chi connectivity index (χ3n) is 4.73. The number of rotatable bonds is 2. The summed E-state index contributed by atoms with van der Waals surface area (Å²) < 4.78 is 0. The summed E-state index contributed by atoms with van der Waals surface area (Å²) in [6, 6.07) is 1.09. The quantitative estimate of drug-likeness (QED) is 0.781. The monoisotopic (exact) mass is 224 g/mol. The lowest BCUT2D eigenvalue weighted by molar-refractivity contribution is 0.124. The Morgan fingerprint density at radius 1 is 1.31 bits per heavy atom. The number of likely N-dealkylation sites (tertiary alicyclic amines) is 1. The molecule has 0 radical (unpaired) electrons. The van der Waals surface area contributed by atoms with Gasteiger partial charge in [0.05, 0.1) is 0 Å². The highest BCUT2D eigenvalue weighted by Crippen LogP contribution is 2.35. The molecule has 1 aliphatic carbocycles. The van der Waals surface area contributed by atoms with Gasteiger partial charge in [0, 0.05) is 18.6 Å². The first kappa shape index (κ1) is 12.4. The zero-order valence-corrected chi connectivity index (χ0v) is 11.2. The average Bonchev–Trinajstić information content (AvgIpc) is 2.59. The van der Waals surface area contributed by atoms with Crippen LogP contribution in [0.25, 0.3) is 0 Å². The van der Waals surface area contributed by atoms with Crippen molar-refractivity contribution >= 4 is 0 Å². The Morgan fingerprint density at radius 3 is 2.62 bits per heavy atom. The molecule has 16 heavy (non-hydrogen) atoms. The average molecular weight is 224 g/mol. The van der Waals surface area contributed by atoms with Crippen molar-refractivity contribution in [2.75, 3.05) is 13.1 Å². The van der Waals surface area contributed by atoms with Crippen molar-refractivity contribution in [3.05, 3.63) is 0 Å². The second-order valence-electron chi connectivity index (χ2n) is 6.70. The van der Waals surface area contributed by atoms with E-state index < -0.39 is 0 Å². The molecular formula is C14H28N2. The number of hydrogen-bond donors (Lipinski definition) is 1. The minimum Gasteiger partial charge on any atom is -0.326 e. The highest BCUT2D eigenvalue weighted by molar-refractivity contribution is 4.94. The lowest BCUT2D eigenvalue weighted by Gasteiger charge is -2.40. The van der Waals surface area contributed by atoms with E-state index in [0.717, 1.165) is 5.92 Å². The van der Waals surface area contributed by atoms with Gasteiger partial charge >= 0.3 is 0 Å². The van der Waals surface area contributed by atoms with Gasteiger partial charge in [0.25, 0.3) is 0 Å². The number of nitrogens with two attached hydrogens (primary N) is 1. The van der Waals surface area contributed by atoms with Crippen molar-refractivity contribution in [2.24, 2.45) is 17.1 Å². The summed E-state index contributed by atoms with van der Waals surface area (Å²) in [5, 5.41) is 0. The van der Waals surface area contributed by atoms with Crippen LogP contribution in [0.3, 0.4) is 0 Å². The highest BCUT2D eigenvalue weighted by atomic mass is 15.2. The summed E-state index contributed by atoms with van der Waals surface area (Å²) in [4.78, 5) is 2.67. The van der Waals surface area contributed by atoms with Crippen LogP contribution in [0, 0.1) is 11.3 Å². The second-order valence-corrected chi connectivity index (χ2v) is 6.70. The summed E-state index contributed by atoms with van der Waals surface area (Å²) in [7, 11) is 0. The van der Waals surface area contributed by atoms with E-state index in [4.69, 9.17) is 5.73 Å². The van der Waals surface area contributed by atoms with Crippen molar-refractivity contribution in [3.63, 3.8) is 0 Å².